The van der Waals surface area contributed by atoms with Gasteiger partial charge >= 0.3 is 9.28 Å². The molecule has 1 unspecified atom stereocenters. The Bertz CT molecular complexity index is 326. The zero-order valence-corrected chi connectivity index (χ0v) is 13.5. The van der Waals surface area contributed by atoms with E-state index in [4.69, 9.17) is 8.85 Å². The Hall–Kier alpha value is -0.843. The fourth-order valence-corrected chi connectivity index (χ4v) is 3.95. The molecule has 1 aromatic rings. The van der Waals surface area contributed by atoms with Crippen molar-refractivity contribution in [2.45, 2.75) is 39.8 Å². The Morgan fingerprint density at radius 1 is 1.05 bits per heavy atom. The third-order valence-electron chi connectivity index (χ3n) is 2.68. The monoisotopic (exact) mass is 280 g/mol. The maximum atomic E-state index is 5.83. The summed E-state index contributed by atoms with van der Waals surface area (Å²) in [5.74, 6) is 0.613. The van der Waals surface area contributed by atoms with Crippen molar-refractivity contribution in [3.63, 3.8) is 0 Å². The first-order valence-corrected chi connectivity index (χ1v) is 8.50. The number of para-hydroxylation sites is 1. The summed E-state index contributed by atoms with van der Waals surface area (Å²) in [6, 6.07) is 10.3. The zero-order valence-electron chi connectivity index (χ0n) is 12.5. The molecule has 1 N–H and O–H groups in total. The zero-order chi connectivity index (χ0) is 14.1. The van der Waals surface area contributed by atoms with Crippen LogP contribution in [0.4, 0.5) is 5.69 Å². The van der Waals surface area contributed by atoms with E-state index in [1.807, 2.05) is 32.0 Å². The molecule has 19 heavy (non-hydrogen) atoms. The molecular formula is C15H26NO2Si. The summed E-state index contributed by atoms with van der Waals surface area (Å²) in [5.41, 5.74) is 1.40. The van der Waals surface area contributed by atoms with Gasteiger partial charge < -0.3 is 14.2 Å². The molecule has 1 aromatic carbocycles. The lowest BCUT2D eigenvalue weighted by Crippen LogP contribution is -2.43. The van der Waals surface area contributed by atoms with Crippen molar-refractivity contribution in [1.29, 1.82) is 0 Å². The Balaban J connectivity index is 2.73. The number of benzene rings is 1. The van der Waals surface area contributed by atoms with Crippen molar-refractivity contribution in [2.24, 2.45) is 5.92 Å². The van der Waals surface area contributed by atoms with Crippen LogP contribution in [0.5, 0.6) is 0 Å². The van der Waals surface area contributed by atoms with E-state index >= 15 is 0 Å². The first-order chi connectivity index (χ1) is 9.17. The molecule has 0 aliphatic carbocycles. The van der Waals surface area contributed by atoms with Crippen LogP contribution in [0.1, 0.15) is 34.1 Å². The predicted molar refractivity (Wildman–Crippen MR) is 82.3 cm³/mol. The molecule has 0 bridgehead atoms. The lowest BCUT2D eigenvalue weighted by atomic mass is 10.1. The lowest BCUT2D eigenvalue weighted by Gasteiger charge is -2.26. The van der Waals surface area contributed by atoms with Crippen LogP contribution in [0.2, 0.25) is 0 Å². The third-order valence-corrected chi connectivity index (χ3v) is 4.77. The second kappa shape index (κ2) is 9.12. The average molecular weight is 280 g/mol. The number of anilines is 1. The minimum Gasteiger partial charge on any atom is -0.392 e. The minimum absolute atomic E-state index is 0.271. The van der Waals surface area contributed by atoms with E-state index < -0.39 is 9.28 Å². The van der Waals surface area contributed by atoms with Gasteiger partial charge in [0.2, 0.25) is 0 Å². The summed E-state index contributed by atoms with van der Waals surface area (Å²) < 4.78 is 11.7. The normalized spacial score (nSPS) is 12.9. The van der Waals surface area contributed by atoms with Gasteiger partial charge in [0.15, 0.2) is 0 Å². The van der Waals surface area contributed by atoms with Gasteiger partial charge in [-0.15, -0.1) is 0 Å². The highest BCUT2D eigenvalue weighted by Gasteiger charge is 2.28. The summed E-state index contributed by atoms with van der Waals surface area (Å²) >= 11 is 0. The summed E-state index contributed by atoms with van der Waals surface area (Å²) in [4.78, 5) is 0. The second-order valence-corrected chi connectivity index (χ2v) is 6.79. The van der Waals surface area contributed by atoms with Crippen LogP contribution in [0.15, 0.2) is 30.3 Å². The van der Waals surface area contributed by atoms with Crippen LogP contribution in [-0.2, 0) is 8.85 Å². The van der Waals surface area contributed by atoms with E-state index in [1.54, 1.807) is 0 Å². The van der Waals surface area contributed by atoms with Crippen molar-refractivity contribution in [3.8, 4) is 0 Å². The predicted octanol–water partition coefficient (Wildman–Crippen LogP) is 3.61. The van der Waals surface area contributed by atoms with E-state index in [2.05, 4.69) is 31.3 Å². The number of rotatable bonds is 9. The topological polar surface area (TPSA) is 30.5 Å². The number of nitrogens with one attached hydrogen (secondary N) is 1. The van der Waals surface area contributed by atoms with Gasteiger partial charge in [0.05, 0.1) is 5.67 Å². The first kappa shape index (κ1) is 16.2. The Morgan fingerprint density at radius 3 is 2.11 bits per heavy atom. The SMILES string of the molecule is CCO[Si](OCC)C(CC(C)C)Nc1ccccc1. The molecule has 0 spiro atoms. The van der Waals surface area contributed by atoms with Gasteiger partial charge in [0.1, 0.15) is 0 Å². The van der Waals surface area contributed by atoms with Crippen molar-refractivity contribution >= 4 is 15.0 Å². The molecule has 1 atom stereocenters. The maximum absolute atomic E-state index is 5.83. The Labute approximate surface area is 119 Å². The summed E-state index contributed by atoms with van der Waals surface area (Å²) in [6.07, 6.45) is 1.06. The number of hydrogen-bond acceptors (Lipinski definition) is 3. The lowest BCUT2D eigenvalue weighted by molar-refractivity contribution is 0.204. The van der Waals surface area contributed by atoms with Gasteiger partial charge in [-0.3, -0.25) is 0 Å². The van der Waals surface area contributed by atoms with Crippen molar-refractivity contribution < 1.29 is 8.85 Å². The second-order valence-electron chi connectivity index (χ2n) is 4.88. The molecule has 0 fully saturated rings. The molecule has 0 amide bonds. The highest BCUT2D eigenvalue weighted by atomic mass is 28.3. The molecule has 107 valence electrons. The van der Waals surface area contributed by atoms with Gasteiger partial charge in [-0.2, -0.15) is 0 Å². The van der Waals surface area contributed by atoms with Crippen LogP contribution in [0.3, 0.4) is 0 Å². The Kier molecular flexibility index (Phi) is 7.78. The minimum atomic E-state index is -1.29. The molecule has 3 nitrogen and oxygen atoms in total. The van der Waals surface area contributed by atoms with Crippen molar-refractivity contribution in [3.05, 3.63) is 30.3 Å². The smallest absolute Gasteiger partial charge is 0.392 e. The molecular weight excluding hydrogens is 254 g/mol. The average Bonchev–Trinajstić information content (AvgIpc) is 2.38. The fourth-order valence-electron chi connectivity index (χ4n) is 1.95. The first-order valence-electron chi connectivity index (χ1n) is 7.11. The molecule has 0 saturated heterocycles. The fraction of sp³-hybridized carbons (Fsp3) is 0.600. The van der Waals surface area contributed by atoms with Gasteiger partial charge in [-0.1, -0.05) is 32.0 Å². The van der Waals surface area contributed by atoms with Crippen molar-refractivity contribution in [1.82, 2.24) is 0 Å². The molecule has 0 aliphatic heterocycles. The van der Waals surface area contributed by atoms with Gasteiger partial charge in [-0.05, 0) is 38.3 Å². The van der Waals surface area contributed by atoms with E-state index in [9.17, 15) is 0 Å². The molecule has 1 rings (SSSR count). The van der Waals surface area contributed by atoms with E-state index in [-0.39, 0.29) is 5.67 Å². The summed E-state index contributed by atoms with van der Waals surface area (Å²) in [7, 11) is -1.29. The number of hydrogen-bond donors (Lipinski definition) is 1. The van der Waals surface area contributed by atoms with E-state index in [0.717, 1.165) is 12.1 Å². The highest BCUT2D eigenvalue weighted by molar-refractivity contribution is 6.47. The van der Waals surface area contributed by atoms with Crippen molar-refractivity contribution in [2.75, 3.05) is 18.5 Å². The quantitative estimate of drug-likeness (QED) is 0.701. The maximum Gasteiger partial charge on any atom is 0.409 e. The molecule has 0 aromatic heterocycles. The molecule has 4 heteroatoms. The largest absolute Gasteiger partial charge is 0.409 e. The van der Waals surface area contributed by atoms with Crippen LogP contribution >= 0.6 is 0 Å². The van der Waals surface area contributed by atoms with E-state index in [1.165, 1.54) is 0 Å². The van der Waals surface area contributed by atoms with Crippen LogP contribution in [-0.4, -0.2) is 28.2 Å². The van der Waals surface area contributed by atoms with E-state index in [0.29, 0.717) is 19.1 Å². The standard InChI is InChI=1S/C15H26NO2Si/c1-5-17-19(18-6-2)15(12-13(3)4)16-14-10-8-7-9-11-14/h7-11,13,15-16H,5-6,12H2,1-4H3. The van der Waals surface area contributed by atoms with Crippen LogP contribution < -0.4 is 5.32 Å². The molecule has 0 aliphatic rings. The highest BCUT2D eigenvalue weighted by Crippen LogP contribution is 2.16. The van der Waals surface area contributed by atoms with Gasteiger partial charge in [-0.25, -0.2) is 0 Å². The van der Waals surface area contributed by atoms with Gasteiger partial charge in [0, 0.05) is 18.9 Å². The Morgan fingerprint density at radius 2 is 1.63 bits per heavy atom. The molecule has 0 saturated carbocycles. The summed E-state index contributed by atoms with van der Waals surface area (Å²) in [6.45, 7) is 9.93. The van der Waals surface area contributed by atoms with Gasteiger partial charge in [0.25, 0.3) is 0 Å². The molecule has 0 heterocycles. The summed E-state index contributed by atoms with van der Waals surface area (Å²) in [5, 5.41) is 3.58. The third kappa shape index (κ3) is 6.23. The molecule has 1 radical (unpaired) electrons. The van der Waals surface area contributed by atoms with Crippen LogP contribution in [0, 0.1) is 5.92 Å². The van der Waals surface area contributed by atoms with Crippen LogP contribution in [0.25, 0.3) is 0 Å².